The number of carbonyl (C=O) groups excluding carboxylic acids is 1. The molecule has 0 saturated heterocycles. The number of carbonyl (C=O) groups is 1. The van der Waals surface area contributed by atoms with E-state index in [1.807, 2.05) is 49.4 Å². The number of nitrogens with zero attached hydrogens (tertiary/aromatic N) is 4. The molecule has 4 aromatic rings. The Balaban J connectivity index is 1.56. The zero-order valence-corrected chi connectivity index (χ0v) is 25.1. The summed E-state index contributed by atoms with van der Waals surface area (Å²) in [6, 6.07) is 14.9. The Labute approximate surface area is 259 Å². The molecule has 3 aromatic heterocycles. The van der Waals surface area contributed by atoms with E-state index in [-0.39, 0.29) is 24.7 Å². The third kappa shape index (κ3) is 6.35. The molecule has 0 bridgehead atoms. The summed E-state index contributed by atoms with van der Waals surface area (Å²) in [7, 11) is 0. The Morgan fingerprint density at radius 1 is 1.02 bits per heavy atom. The summed E-state index contributed by atoms with van der Waals surface area (Å²) in [6.07, 6.45) is 8.98. The number of fused-ring (bicyclic) bond motifs is 1. The van der Waals surface area contributed by atoms with E-state index in [4.69, 9.17) is 43.5 Å². The van der Waals surface area contributed by atoms with Crippen molar-refractivity contribution in [1.29, 1.82) is 0 Å². The second-order valence-electron chi connectivity index (χ2n) is 10.3. The lowest BCUT2D eigenvalue weighted by atomic mass is 9.73. The molecule has 0 spiro atoms. The molecule has 1 aromatic carbocycles. The van der Waals surface area contributed by atoms with Crippen molar-refractivity contribution >= 4 is 40.3 Å². The van der Waals surface area contributed by atoms with Crippen LogP contribution in [0.25, 0.3) is 11.2 Å². The number of hydrogen-bond donors (Lipinski definition) is 5. The highest BCUT2D eigenvalue weighted by Gasteiger charge is 2.54. The first-order chi connectivity index (χ1) is 20.8. The number of pyridine rings is 2. The number of nitrogens with one attached hydrogen (secondary N) is 3. The molecule has 3 heterocycles. The minimum absolute atomic E-state index is 0.0156. The minimum Gasteiger partial charge on any atom is -0.395 e. The monoisotopic (exact) mass is 621 g/mol. The maximum absolute atomic E-state index is 13.8. The van der Waals surface area contributed by atoms with E-state index in [1.165, 1.54) is 0 Å². The second kappa shape index (κ2) is 13.3. The van der Waals surface area contributed by atoms with Gasteiger partial charge in [-0.05, 0) is 47.4 Å². The van der Waals surface area contributed by atoms with Crippen LogP contribution in [0.5, 0.6) is 0 Å². The topological polar surface area (TPSA) is 137 Å². The number of allylic oxidation sites excluding steroid dienone is 2. The van der Waals surface area contributed by atoms with Gasteiger partial charge in [0.25, 0.3) is 5.91 Å². The van der Waals surface area contributed by atoms with Gasteiger partial charge in [-0.3, -0.25) is 9.78 Å². The number of halogens is 2. The van der Waals surface area contributed by atoms with Gasteiger partial charge in [-0.15, -0.1) is 16.7 Å². The third-order valence-electron chi connectivity index (χ3n) is 7.34. The van der Waals surface area contributed by atoms with Gasteiger partial charge in [-0.25, -0.2) is 9.50 Å². The SMILES string of the molecule is CC1(Cl)C(c2ccccc2)=CC=CC1(NC(=O)c1ccc(CNCCO)cn1)c1nc2c(Cl)cc(CNCCO)cn2n1. The van der Waals surface area contributed by atoms with Crippen LogP contribution in [0.15, 0.2) is 79.2 Å². The number of aliphatic hydroxyl groups excluding tert-OH is 2. The third-order valence-corrected chi connectivity index (χ3v) is 8.12. The predicted octanol–water partition coefficient (Wildman–Crippen LogP) is 3.22. The molecule has 224 valence electrons. The van der Waals surface area contributed by atoms with Gasteiger partial charge in [0.2, 0.25) is 0 Å². The van der Waals surface area contributed by atoms with Gasteiger partial charge in [0.1, 0.15) is 16.1 Å². The normalized spacial score (nSPS) is 19.9. The van der Waals surface area contributed by atoms with Crippen LogP contribution in [0.1, 0.15) is 39.9 Å². The molecular formula is C31H33Cl2N7O3. The molecule has 0 radical (unpaired) electrons. The molecular weight excluding hydrogens is 589 g/mol. The molecule has 1 amide bonds. The van der Waals surface area contributed by atoms with Crippen molar-refractivity contribution in [2.75, 3.05) is 26.3 Å². The number of alkyl halides is 1. The Morgan fingerprint density at radius 3 is 2.42 bits per heavy atom. The highest BCUT2D eigenvalue weighted by molar-refractivity contribution is 6.33. The molecule has 5 N–H and O–H groups in total. The fourth-order valence-electron chi connectivity index (χ4n) is 5.09. The zero-order chi connectivity index (χ0) is 30.5. The number of aliphatic hydroxyl groups is 2. The summed E-state index contributed by atoms with van der Waals surface area (Å²) in [5, 5.41) is 32.7. The van der Waals surface area contributed by atoms with Gasteiger partial charge in [-0.2, -0.15) is 0 Å². The van der Waals surface area contributed by atoms with Gasteiger partial charge in [-0.1, -0.05) is 60.2 Å². The molecule has 2 unspecified atom stereocenters. The quantitative estimate of drug-likeness (QED) is 0.120. The molecule has 5 rings (SSSR count). The van der Waals surface area contributed by atoms with E-state index in [2.05, 4.69) is 20.9 Å². The van der Waals surface area contributed by atoms with Crippen LogP contribution in [0, 0.1) is 0 Å². The Morgan fingerprint density at radius 2 is 1.74 bits per heavy atom. The van der Waals surface area contributed by atoms with Crippen molar-refractivity contribution in [2.24, 2.45) is 0 Å². The van der Waals surface area contributed by atoms with Crippen LogP contribution < -0.4 is 16.0 Å². The number of aromatic nitrogens is 4. The minimum atomic E-state index is -1.40. The molecule has 2 atom stereocenters. The summed E-state index contributed by atoms with van der Waals surface area (Å²) in [6.45, 7) is 3.75. The van der Waals surface area contributed by atoms with Gasteiger partial charge < -0.3 is 26.2 Å². The molecule has 12 heteroatoms. The predicted molar refractivity (Wildman–Crippen MR) is 167 cm³/mol. The van der Waals surface area contributed by atoms with Gasteiger partial charge >= 0.3 is 0 Å². The van der Waals surface area contributed by atoms with E-state index in [1.54, 1.807) is 41.2 Å². The first-order valence-corrected chi connectivity index (χ1v) is 14.6. The summed E-state index contributed by atoms with van der Waals surface area (Å²) in [5.74, 6) is -0.206. The van der Waals surface area contributed by atoms with Crippen molar-refractivity contribution in [3.05, 3.63) is 112 Å². The Kier molecular flexibility index (Phi) is 9.55. The largest absolute Gasteiger partial charge is 0.395 e. The number of benzene rings is 1. The number of rotatable bonds is 12. The van der Waals surface area contributed by atoms with Crippen molar-refractivity contribution in [2.45, 2.75) is 30.4 Å². The molecule has 0 aliphatic heterocycles. The van der Waals surface area contributed by atoms with Crippen LogP contribution in [-0.2, 0) is 18.6 Å². The Bertz CT molecular complexity index is 1640. The zero-order valence-electron chi connectivity index (χ0n) is 23.6. The van der Waals surface area contributed by atoms with E-state index in [0.717, 1.165) is 22.3 Å². The standard InChI is InChI=1S/C31H33Cl2N7O3/c1-30(33)24(23-6-3-2-4-7-23)8-5-11-31(30,38-28(43)26-10-9-21(19-36-26)17-34-12-14-41)29-37-27-25(32)16-22(18-35-13-15-42)20-40(27)39-29/h2-11,16,19-20,34-35,41-42H,12-15,17-18H2,1H3,(H,38,43). The summed E-state index contributed by atoms with van der Waals surface area (Å²) < 4.78 is 1.58. The van der Waals surface area contributed by atoms with Crippen molar-refractivity contribution in [3.8, 4) is 0 Å². The van der Waals surface area contributed by atoms with Crippen molar-refractivity contribution in [3.63, 3.8) is 0 Å². The van der Waals surface area contributed by atoms with Crippen LogP contribution in [0.2, 0.25) is 5.02 Å². The highest BCUT2D eigenvalue weighted by atomic mass is 35.5. The van der Waals surface area contributed by atoms with E-state index < -0.39 is 16.3 Å². The molecule has 1 aliphatic carbocycles. The van der Waals surface area contributed by atoms with Gasteiger partial charge in [0, 0.05) is 38.6 Å². The maximum atomic E-state index is 13.8. The Hall–Kier alpha value is -3.64. The molecule has 0 saturated carbocycles. The van der Waals surface area contributed by atoms with Gasteiger partial charge in [0.05, 0.1) is 18.2 Å². The lowest BCUT2D eigenvalue weighted by Crippen LogP contribution is -2.58. The lowest BCUT2D eigenvalue weighted by Gasteiger charge is -2.44. The smallest absolute Gasteiger partial charge is 0.270 e. The molecule has 43 heavy (non-hydrogen) atoms. The molecule has 10 nitrogen and oxygen atoms in total. The van der Waals surface area contributed by atoms with Crippen LogP contribution in [0.4, 0.5) is 0 Å². The van der Waals surface area contributed by atoms with Crippen LogP contribution in [-0.4, -0.2) is 66.9 Å². The van der Waals surface area contributed by atoms with E-state index in [0.29, 0.717) is 36.8 Å². The maximum Gasteiger partial charge on any atom is 0.270 e. The molecule has 0 fully saturated rings. The van der Waals surface area contributed by atoms with Gasteiger partial charge in [0.15, 0.2) is 11.5 Å². The summed E-state index contributed by atoms with van der Waals surface area (Å²) in [5.41, 5.74) is 2.58. The first-order valence-electron chi connectivity index (χ1n) is 13.9. The molecule has 1 aliphatic rings. The van der Waals surface area contributed by atoms with E-state index >= 15 is 0 Å². The second-order valence-corrected chi connectivity index (χ2v) is 11.5. The lowest BCUT2D eigenvalue weighted by molar-refractivity contribution is 0.0897. The summed E-state index contributed by atoms with van der Waals surface area (Å²) >= 11 is 14.2. The van der Waals surface area contributed by atoms with Crippen molar-refractivity contribution in [1.82, 2.24) is 35.5 Å². The fourth-order valence-corrected chi connectivity index (χ4v) is 5.73. The van der Waals surface area contributed by atoms with Crippen LogP contribution >= 0.6 is 23.2 Å². The average molecular weight is 623 g/mol. The average Bonchev–Trinajstić information content (AvgIpc) is 3.44. The highest BCUT2D eigenvalue weighted by Crippen LogP contribution is 2.49. The number of amides is 1. The van der Waals surface area contributed by atoms with E-state index in [9.17, 15) is 4.79 Å². The van der Waals surface area contributed by atoms with Crippen molar-refractivity contribution < 1.29 is 15.0 Å². The summed E-state index contributed by atoms with van der Waals surface area (Å²) in [4.78, 5) is 21.8. The van der Waals surface area contributed by atoms with Crippen LogP contribution in [0.3, 0.4) is 0 Å². The number of hydrogen-bond acceptors (Lipinski definition) is 8. The fraction of sp³-hybridized carbons (Fsp3) is 0.290. The first kappa shape index (κ1) is 30.8.